The summed E-state index contributed by atoms with van der Waals surface area (Å²) in [5.74, 6) is 0.281. The Labute approximate surface area is 97.8 Å². The second kappa shape index (κ2) is 4.83. The van der Waals surface area contributed by atoms with Gasteiger partial charge < -0.3 is 11.1 Å². The van der Waals surface area contributed by atoms with E-state index >= 15 is 0 Å². The minimum Gasteiger partial charge on any atom is -0.369 e. The number of nitrogens with two attached hydrogens (primary N) is 1. The quantitative estimate of drug-likeness (QED) is 0.615. The molecule has 0 aliphatic carbocycles. The minimum absolute atomic E-state index is 0.281. The van der Waals surface area contributed by atoms with Crippen LogP contribution in [0, 0.1) is 0 Å². The van der Waals surface area contributed by atoms with E-state index in [2.05, 4.69) is 41.4 Å². The SMILES string of the molecule is NC(=NBr)Nc1ccc(Cl)cc1Br. The Morgan fingerprint density at radius 3 is 2.77 bits per heavy atom. The molecule has 3 N–H and O–H groups in total. The summed E-state index contributed by atoms with van der Waals surface area (Å²) in [6, 6.07) is 5.33. The number of nitrogens with one attached hydrogen (secondary N) is 1. The Morgan fingerprint density at radius 1 is 1.54 bits per heavy atom. The highest BCUT2D eigenvalue weighted by molar-refractivity contribution is 9.10. The number of benzene rings is 1. The topological polar surface area (TPSA) is 50.4 Å². The molecule has 1 rings (SSSR count). The normalized spacial score (nSPS) is 11.5. The molecule has 0 aliphatic rings. The van der Waals surface area contributed by atoms with E-state index in [1.165, 1.54) is 0 Å². The predicted molar refractivity (Wildman–Crippen MR) is 63.3 cm³/mol. The van der Waals surface area contributed by atoms with Crippen LogP contribution in [0.2, 0.25) is 5.02 Å². The zero-order valence-electron chi connectivity index (χ0n) is 6.39. The summed E-state index contributed by atoms with van der Waals surface area (Å²) < 4.78 is 4.42. The van der Waals surface area contributed by atoms with E-state index in [0.717, 1.165) is 10.2 Å². The Bertz CT molecular complexity index is 341. The Morgan fingerprint density at radius 2 is 2.23 bits per heavy atom. The molecular formula is C7H6Br2ClN3. The second-order valence-corrected chi connectivity index (χ2v) is 3.86. The van der Waals surface area contributed by atoms with Gasteiger partial charge in [0, 0.05) is 9.50 Å². The summed E-state index contributed by atoms with van der Waals surface area (Å²) in [6.45, 7) is 0. The van der Waals surface area contributed by atoms with Crippen LogP contribution in [0.1, 0.15) is 0 Å². The third-order valence-electron chi connectivity index (χ3n) is 1.28. The first-order valence-electron chi connectivity index (χ1n) is 3.30. The average molecular weight is 327 g/mol. The molecule has 0 unspecified atom stereocenters. The van der Waals surface area contributed by atoms with Gasteiger partial charge in [0.25, 0.3) is 0 Å². The summed E-state index contributed by atoms with van der Waals surface area (Å²) in [6.07, 6.45) is 0. The van der Waals surface area contributed by atoms with Crippen LogP contribution in [-0.4, -0.2) is 5.96 Å². The maximum Gasteiger partial charge on any atom is 0.205 e. The summed E-state index contributed by atoms with van der Waals surface area (Å²) in [5, 5.41) is 3.52. The van der Waals surface area contributed by atoms with Crippen LogP contribution in [0.3, 0.4) is 0 Å². The highest BCUT2D eigenvalue weighted by atomic mass is 79.9. The maximum atomic E-state index is 5.76. The molecule has 0 heterocycles. The summed E-state index contributed by atoms with van der Waals surface area (Å²) in [4.78, 5) is 0. The molecule has 0 fully saturated rings. The first kappa shape index (κ1) is 10.8. The molecule has 3 nitrogen and oxygen atoms in total. The van der Waals surface area contributed by atoms with E-state index in [1.54, 1.807) is 18.2 Å². The molecule has 0 atom stereocenters. The number of guanidine groups is 1. The van der Waals surface area contributed by atoms with Crippen LogP contribution >= 0.6 is 43.7 Å². The lowest BCUT2D eigenvalue weighted by Crippen LogP contribution is -2.21. The van der Waals surface area contributed by atoms with Crippen LogP contribution in [-0.2, 0) is 0 Å². The molecule has 6 heteroatoms. The van der Waals surface area contributed by atoms with Crippen LogP contribution in [0.5, 0.6) is 0 Å². The smallest absolute Gasteiger partial charge is 0.205 e. The van der Waals surface area contributed by atoms with Crippen molar-refractivity contribution in [2.45, 2.75) is 0 Å². The Kier molecular flexibility index (Phi) is 4.02. The number of halogens is 3. The molecule has 0 saturated heterocycles. The monoisotopic (exact) mass is 325 g/mol. The summed E-state index contributed by atoms with van der Waals surface area (Å²) in [7, 11) is 0. The largest absolute Gasteiger partial charge is 0.369 e. The molecule has 0 spiro atoms. The van der Waals surface area contributed by atoms with Gasteiger partial charge in [0.1, 0.15) is 0 Å². The fourth-order valence-electron chi connectivity index (χ4n) is 0.750. The van der Waals surface area contributed by atoms with Gasteiger partial charge >= 0.3 is 0 Å². The number of anilines is 1. The van der Waals surface area contributed by atoms with Crippen molar-refractivity contribution < 1.29 is 0 Å². The zero-order valence-corrected chi connectivity index (χ0v) is 10.3. The van der Waals surface area contributed by atoms with E-state index in [0.29, 0.717) is 5.02 Å². The van der Waals surface area contributed by atoms with Crippen molar-refractivity contribution in [1.29, 1.82) is 0 Å². The molecule has 0 saturated carbocycles. The molecule has 0 aliphatic heterocycles. The molecule has 0 aromatic heterocycles. The first-order valence-corrected chi connectivity index (χ1v) is 5.18. The Balaban J connectivity index is 2.90. The maximum absolute atomic E-state index is 5.76. The molecule has 13 heavy (non-hydrogen) atoms. The van der Waals surface area contributed by atoms with Crippen molar-refractivity contribution in [3.05, 3.63) is 27.7 Å². The molecule has 1 aromatic rings. The molecule has 1 aromatic carbocycles. The van der Waals surface area contributed by atoms with Crippen molar-refractivity contribution in [1.82, 2.24) is 0 Å². The second-order valence-electron chi connectivity index (χ2n) is 2.22. The van der Waals surface area contributed by atoms with Crippen LogP contribution in [0.25, 0.3) is 0 Å². The molecule has 0 amide bonds. The van der Waals surface area contributed by atoms with Gasteiger partial charge in [-0.05, 0) is 34.1 Å². The minimum atomic E-state index is 0.281. The lowest BCUT2D eigenvalue weighted by Gasteiger charge is -2.06. The average Bonchev–Trinajstić information content (AvgIpc) is 2.09. The van der Waals surface area contributed by atoms with Crippen molar-refractivity contribution in [2.24, 2.45) is 9.75 Å². The zero-order chi connectivity index (χ0) is 9.84. The van der Waals surface area contributed by atoms with E-state index in [-0.39, 0.29) is 5.96 Å². The standard InChI is InChI=1S/C7H6Br2ClN3/c8-5-3-4(10)1-2-6(5)12-7(11)13-9/h1-3H,(H3,11,12,13). The third-order valence-corrected chi connectivity index (χ3v) is 2.56. The van der Waals surface area contributed by atoms with Gasteiger partial charge in [0.2, 0.25) is 5.96 Å². The van der Waals surface area contributed by atoms with Crippen molar-refractivity contribution in [2.75, 3.05) is 5.32 Å². The van der Waals surface area contributed by atoms with Crippen molar-refractivity contribution in [3.8, 4) is 0 Å². The number of nitrogens with zero attached hydrogens (tertiary/aromatic N) is 1. The first-order chi connectivity index (χ1) is 6.13. The molecule has 0 bridgehead atoms. The van der Waals surface area contributed by atoms with E-state index < -0.39 is 0 Å². The summed E-state index contributed by atoms with van der Waals surface area (Å²) in [5.41, 5.74) is 6.26. The van der Waals surface area contributed by atoms with Gasteiger partial charge in [-0.25, -0.2) is 0 Å². The number of hydrogen-bond acceptors (Lipinski definition) is 1. The van der Waals surface area contributed by atoms with Gasteiger partial charge in [0.05, 0.1) is 21.8 Å². The van der Waals surface area contributed by atoms with Gasteiger partial charge in [-0.3, -0.25) is 0 Å². The van der Waals surface area contributed by atoms with E-state index in [9.17, 15) is 0 Å². The Hall–Kier alpha value is -0.260. The van der Waals surface area contributed by atoms with Crippen LogP contribution < -0.4 is 11.1 Å². The summed E-state index contributed by atoms with van der Waals surface area (Å²) >= 11 is 12.0. The van der Waals surface area contributed by atoms with Crippen molar-refractivity contribution >= 4 is 55.3 Å². The number of hydrogen-bond donors (Lipinski definition) is 2. The molecule has 0 radical (unpaired) electrons. The fourth-order valence-corrected chi connectivity index (χ4v) is 1.62. The van der Waals surface area contributed by atoms with E-state index in [4.69, 9.17) is 17.3 Å². The highest BCUT2D eigenvalue weighted by Crippen LogP contribution is 2.25. The fraction of sp³-hybridized carbons (Fsp3) is 0. The molecule has 70 valence electrons. The van der Waals surface area contributed by atoms with Gasteiger partial charge in [-0.2, -0.15) is 4.02 Å². The lowest BCUT2D eigenvalue weighted by atomic mass is 10.3. The van der Waals surface area contributed by atoms with Crippen LogP contribution in [0.15, 0.2) is 26.7 Å². The lowest BCUT2D eigenvalue weighted by molar-refractivity contribution is 1.53. The predicted octanol–water partition coefficient (Wildman–Crippen LogP) is 3.14. The number of rotatable bonds is 1. The van der Waals surface area contributed by atoms with Crippen LogP contribution in [0.4, 0.5) is 5.69 Å². The highest BCUT2D eigenvalue weighted by Gasteiger charge is 2.00. The third kappa shape index (κ3) is 3.17. The van der Waals surface area contributed by atoms with Gasteiger partial charge in [-0.1, -0.05) is 11.6 Å². The van der Waals surface area contributed by atoms with Crippen molar-refractivity contribution in [3.63, 3.8) is 0 Å². The molecular weight excluding hydrogens is 321 g/mol. The van der Waals surface area contributed by atoms with Gasteiger partial charge in [0.15, 0.2) is 0 Å². The van der Waals surface area contributed by atoms with E-state index in [1.807, 2.05) is 0 Å². The van der Waals surface area contributed by atoms with Gasteiger partial charge in [-0.15, -0.1) is 0 Å².